The Balaban J connectivity index is 0. The molecule has 0 aromatic carbocycles. The number of hydrogen-bond donors (Lipinski definition) is 4. The van der Waals surface area contributed by atoms with Crippen LogP contribution in [-0.4, -0.2) is 77.0 Å². The van der Waals surface area contributed by atoms with E-state index in [1.54, 1.807) is 0 Å². The van der Waals surface area contributed by atoms with Crippen molar-refractivity contribution in [2.45, 2.75) is 25.9 Å². The van der Waals surface area contributed by atoms with Crippen molar-refractivity contribution < 1.29 is 37.3 Å². The largest absolute Gasteiger partial charge is 1.00 e. The fourth-order valence-corrected chi connectivity index (χ4v) is 2.03. The topological polar surface area (TPSA) is 80.9 Å². The molecule has 106 valence electrons. The van der Waals surface area contributed by atoms with Gasteiger partial charge in [-0.3, -0.25) is 0 Å². The van der Waals surface area contributed by atoms with Gasteiger partial charge in [0.25, 0.3) is 0 Å². The van der Waals surface area contributed by atoms with Crippen LogP contribution in [0.4, 0.5) is 0 Å². The van der Waals surface area contributed by atoms with Gasteiger partial charge in [0.15, 0.2) is 0 Å². The monoisotopic (exact) mass is 271 g/mol. The van der Waals surface area contributed by atoms with Crippen LogP contribution in [0, 0.1) is 0 Å². The number of unbranched alkanes of at least 4 members (excludes halogenated alkanes) is 1. The number of aliphatic hydroxyl groups is 4. The normalized spacial score (nSPS) is 13.2. The molecule has 1 unspecified atom stereocenters. The summed E-state index contributed by atoms with van der Waals surface area (Å²) in [7, 11) is 0. The Labute approximate surface area is 110 Å². The van der Waals surface area contributed by atoms with Gasteiger partial charge in [-0.15, -0.1) is 0 Å². The number of nitrogens with zero attached hydrogens (tertiary/aromatic N) is 1. The maximum atomic E-state index is 9.52. The van der Waals surface area contributed by atoms with Crippen LogP contribution in [0.3, 0.4) is 0 Å². The molecule has 4 N–H and O–H groups in total. The highest BCUT2D eigenvalue weighted by atomic mass is 35.5. The van der Waals surface area contributed by atoms with Crippen LogP contribution in [0.25, 0.3) is 0 Å². The van der Waals surface area contributed by atoms with Gasteiger partial charge in [0, 0.05) is 0 Å². The lowest BCUT2D eigenvalue weighted by atomic mass is 10.2. The first-order valence-electron chi connectivity index (χ1n) is 6.00. The van der Waals surface area contributed by atoms with Crippen LogP contribution in [0.1, 0.15) is 19.8 Å². The Bertz CT molecular complexity index is 166. The highest BCUT2D eigenvalue weighted by molar-refractivity contribution is 4.55. The number of quaternary nitrogens is 1. The van der Waals surface area contributed by atoms with E-state index < -0.39 is 6.10 Å². The first-order valence-corrected chi connectivity index (χ1v) is 6.00. The molecule has 17 heavy (non-hydrogen) atoms. The molecule has 0 amide bonds. The first-order chi connectivity index (χ1) is 7.64. The van der Waals surface area contributed by atoms with E-state index in [1.165, 1.54) is 0 Å². The van der Waals surface area contributed by atoms with E-state index in [-0.39, 0.29) is 32.2 Å². The summed E-state index contributed by atoms with van der Waals surface area (Å²) in [6.45, 7) is 4.09. The predicted molar refractivity (Wildman–Crippen MR) is 61.9 cm³/mol. The molecule has 1 atom stereocenters. The van der Waals surface area contributed by atoms with Crippen molar-refractivity contribution in [2.24, 2.45) is 0 Å². The van der Waals surface area contributed by atoms with Gasteiger partial charge in [-0.1, -0.05) is 13.3 Å². The third-order valence-electron chi connectivity index (χ3n) is 2.94. The van der Waals surface area contributed by atoms with Crippen LogP contribution in [0.5, 0.6) is 0 Å². The zero-order valence-corrected chi connectivity index (χ0v) is 11.3. The minimum absolute atomic E-state index is 0. The van der Waals surface area contributed by atoms with E-state index in [0.717, 1.165) is 19.4 Å². The Kier molecular flexibility index (Phi) is 12.8. The Hall–Kier alpha value is 0.0900. The van der Waals surface area contributed by atoms with Gasteiger partial charge in [-0.25, -0.2) is 0 Å². The fourth-order valence-electron chi connectivity index (χ4n) is 2.03. The van der Waals surface area contributed by atoms with Crippen LogP contribution in [0.2, 0.25) is 0 Å². The zero-order valence-electron chi connectivity index (χ0n) is 10.6. The van der Waals surface area contributed by atoms with Crippen molar-refractivity contribution in [3.05, 3.63) is 0 Å². The minimum Gasteiger partial charge on any atom is -1.00 e. The lowest BCUT2D eigenvalue weighted by Gasteiger charge is -2.39. The highest BCUT2D eigenvalue weighted by Crippen LogP contribution is 2.11. The van der Waals surface area contributed by atoms with E-state index >= 15 is 0 Å². The van der Waals surface area contributed by atoms with E-state index in [4.69, 9.17) is 15.3 Å². The van der Waals surface area contributed by atoms with Gasteiger partial charge in [0.1, 0.15) is 25.7 Å². The maximum absolute atomic E-state index is 9.52. The zero-order chi connectivity index (χ0) is 12.4. The highest BCUT2D eigenvalue weighted by Gasteiger charge is 2.28. The summed E-state index contributed by atoms with van der Waals surface area (Å²) in [6.07, 6.45) is 1.24. The van der Waals surface area contributed by atoms with Crippen LogP contribution >= 0.6 is 0 Å². The van der Waals surface area contributed by atoms with Crippen LogP contribution in [0.15, 0.2) is 0 Å². The lowest BCUT2D eigenvalue weighted by Crippen LogP contribution is -3.00. The summed E-state index contributed by atoms with van der Waals surface area (Å²) < 4.78 is 0.475. The molecule has 0 saturated heterocycles. The molecular formula is C11H26ClNO4. The summed E-state index contributed by atoms with van der Waals surface area (Å²) in [5, 5.41) is 36.5. The number of aliphatic hydroxyl groups excluding tert-OH is 4. The average molecular weight is 272 g/mol. The standard InChI is InChI=1S/C11H26NO4.ClH/c1-2-3-4-12(5-7-13,6-8-14)9-11(16)10-15;/h11,13-16H,2-10H2,1H3;1H/q+1;/p-1. The van der Waals surface area contributed by atoms with Gasteiger partial charge < -0.3 is 37.3 Å². The third-order valence-corrected chi connectivity index (χ3v) is 2.94. The lowest BCUT2D eigenvalue weighted by molar-refractivity contribution is -0.931. The van der Waals surface area contributed by atoms with Crippen molar-refractivity contribution in [3.63, 3.8) is 0 Å². The van der Waals surface area contributed by atoms with Gasteiger partial charge in [-0.2, -0.15) is 0 Å². The predicted octanol–water partition coefficient (Wildman–Crippen LogP) is -4.05. The molecule has 0 aromatic rings. The molecular weight excluding hydrogens is 246 g/mol. The number of halogens is 1. The molecule has 0 aliphatic heterocycles. The Morgan fingerprint density at radius 1 is 1.00 bits per heavy atom. The third kappa shape index (κ3) is 7.91. The average Bonchev–Trinajstić information content (AvgIpc) is 2.27. The molecule has 0 heterocycles. The SMILES string of the molecule is CCCC[N+](CCO)(CCO)CC(O)CO.[Cl-]. The van der Waals surface area contributed by atoms with Gasteiger partial charge in [0.2, 0.25) is 0 Å². The van der Waals surface area contributed by atoms with Gasteiger partial charge in [-0.05, 0) is 6.42 Å². The first kappa shape index (κ1) is 19.4. The quantitative estimate of drug-likeness (QED) is 0.305. The second-order valence-electron chi connectivity index (χ2n) is 4.33. The van der Waals surface area contributed by atoms with Crippen molar-refractivity contribution in [1.29, 1.82) is 0 Å². The van der Waals surface area contributed by atoms with Crippen molar-refractivity contribution in [3.8, 4) is 0 Å². The number of hydrogen-bond acceptors (Lipinski definition) is 4. The van der Waals surface area contributed by atoms with Crippen molar-refractivity contribution in [2.75, 3.05) is 46.0 Å². The molecule has 0 bridgehead atoms. The van der Waals surface area contributed by atoms with Crippen LogP contribution < -0.4 is 12.4 Å². The molecule has 5 nitrogen and oxygen atoms in total. The van der Waals surface area contributed by atoms with Crippen molar-refractivity contribution in [1.82, 2.24) is 0 Å². The molecule has 0 saturated carbocycles. The van der Waals surface area contributed by atoms with E-state index in [0.29, 0.717) is 24.1 Å². The summed E-state index contributed by atoms with van der Waals surface area (Å²) in [6, 6.07) is 0. The molecule has 0 aromatic heterocycles. The van der Waals surface area contributed by atoms with Crippen molar-refractivity contribution >= 4 is 0 Å². The van der Waals surface area contributed by atoms with Crippen LogP contribution in [-0.2, 0) is 0 Å². The summed E-state index contributed by atoms with van der Waals surface area (Å²) in [4.78, 5) is 0. The van der Waals surface area contributed by atoms with E-state index in [9.17, 15) is 5.11 Å². The fraction of sp³-hybridized carbons (Fsp3) is 1.00. The summed E-state index contributed by atoms with van der Waals surface area (Å²) in [5.41, 5.74) is 0. The molecule has 0 aliphatic carbocycles. The number of rotatable bonds is 10. The second kappa shape index (κ2) is 11.2. The van der Waals surface area contributed by atoms with E-state index in [1.807, 2.05) is 0 Å². The van der Waals surface area contributed by atoms with Gasteiger partial charge >= 0.3 is 0 Å². The molecule has 0 rings (SSSR count). The van der Waals surface area contributed by atoms with E-state index in [2.05, 4.69) is 6.92 Å². The smallest absolute Gasteiger partial charge is 0.126 e. The second-order valence-corrected chi connectivity index (χ2v) is 4.33. The van der Waals surface area contributed by atoms with Gasteiger partial charge in [0.05, 0.1) is 26.4 Å². The molecule has 0 radical (unpaired) electrons. The maximum Gasteiger partial charge on any atom is 0.126 e. The molecule has 0 fully saturated rings. The minimum atomic E-state index is -0.782. The Morgan fingerprint density at radius 2 is 1.53 bits per heavy atom. The molecule has 0 aliphatic rings. The summed E-state index contributed by atoms with van der Waals surface area (Å²) >= 11 is 0. The molecule has 0 spiro atoms. The molecule has 6 heteroatoms. The summed E-state index contributed by atoms with van der Waals surface area (Å²) in [5.74, 6) is 0. The Morgan fingerprint density at radius 3 is 1.88 bits per heavy atom.